The van der Waals surface area contributed by atoms with Crippen molar-refractivity contribution in [2.45, 2.75) is 25.8 Å². The average molecular weight is 590 g/mol. The second-order valence-electron chi connectivity index (χ2n) is 9.98. The first-order valence-corrected chi connectivity index (χ1v) is 14.0. The van der Waals surface area contributed by atoms with Gasteiger partial charge in [0.15, 0.2) is 17.4 Å². The number of para-hydroxylation sites is 1. The molecule has 2 aromatic heterocycles. The Balaban J connectivity index is 1.30. The van der Waals surface area contributed by atoms with Gasteiger partial charge >= 0.3 is 6.03 Å². The van der Waals surface area contributed by atoms with Gasteiger partial charge in [0, 0.05) is 25.3 Å². The van der Waals surface area contributed by atoms with E-state index in [1.54, 1.807) is 36.2 Å². The van der Waals surface area contributed by atoms with Crippen LogP contribution in [0.3, 0.4) is 0 Å². The van der Waals surface area contributed by atoms with Gasteiger partial charge in [-0.3, -0.25) is 14.5 Å². The zero-order valence-electron chi connectivity index (χ0n) is 22.4. The molecule has 12 heteroatoms. The molecule has 2 aliphatic heterocycles. The molecule has 9 nitrogen and oxygen atoms in total. The first kappa shape index (κ1) is 27.3. The number of benzene rings is 2. The molecule has 0 spiro atoms. The lowest BCUT2D eigenvalue weighted by Crippen LogP contribution is -2.49. The molecule has 4 amide bonds. The number of nitrogens with zero attached hydrogens (tertiary/aromatic N) is 3. The fourth-order valence-corrected chi connectivity index (χ4v) is 6.32. The van der Waals surface area contributed by atoms with E-state index in [1.807, 2.05) is 0 Å². The van der Waals surface area contributed by atoms with Crippen LogP contribution in [0.1, 0.15) is 28.1 Å². The van der Waals surface area contributed by atoms with Crippen LogP contribution >= 0.6 is 11.3 Å². The molecule has 1 saturated heterocycles. The van der Waals surface area contributed by atoms with Crippen LogP contribution < -0.4 is 20.3 Å². The predicted molar refractivity (Wildman–Crippen MR) is 156 cm³/mol. The Bertz CT molecular complexity index is 1750. The van der Waals surface area contributed by atoms with Gasteiger partial charge in [0.05, 0.1) is 22.4 Å². The standard InChI is InChI=1S/C30H25F2N5O4S/c1-3-23(38)36-13-5-6-17(15-36)34-28(39)27-25-24-22(11-12-33-29(24)42-27)37(30(40)35-25)21-10-9-18(14-16(21)2)41-26-19(31)7-4-8-20(26)32/h3-4,7-12,14,17H,1,5-6,13,15H2,2H3,(H,34,39)(H,35,40). The van der Waals surface area contributed by atoms with E-state index < -0.39 is 23.4 Å². The fourth-order valence-electron chi connectivity index (χ4n) is 5.30. The molecule has 2 aromatic carbocycles. The van der Waals surface area contributed by atoms with E-state index in [-0.39, 0.29) is 23.6 Å². The van der Waals surface area contributed by atoms with Crippen LogP contribution in [0.5, 0.6) is 11.5 Å². The van der Waals surface area contributed by atoms with Gasteiger partial charge in [-0.15, -0.1) is 11.3 Å². The highest BCUT2D eigenvalue weighted by atomic mass is 32.1. The SMILES string of the molecule is C=CC(=O)N1CCCC(NC(=O)c2sc3nccc4c3c2NC(=O)N4c2ccc(Oc3c(F)cccc3F)cc2C)C1. The molecule has 2 aliphatic rings. The number of amides is 4. The summed E-state index contributed by atoms with van der Waals surface area (Å²) in [7, 11) is 0. The second kappa shape index (κ2) is 10.9. The first-order chi connectivity index (χ1) is 20.2. The number of nitrogens with one attached hydrogen (secondary N) is 2. The van der Waals surface area contributed by atoms with Crippen molar-refractivity contribution < 1.29 is 27.9 Å². The Labute approximate surface area is 243 Å². The van der Waals surface area contributed by atoms with Crippen molar-refractivity contribution in [2.24, 2.45) is 0 Å². The zero-order valence-corrected chi connectivity index (χ0v) is 23.3. The summed E-state index contributed by atoms with van der Waals surface area (Å²) in [5, 5.41) is 6.49. The minimum Gasteiger partial charge on any atom is -0.451 e. The quantitative estimate of drug-likeness (QED) is 0.258. The molecular weight excluding hydrogens is 564 g/mol. The van der Waals surface area contributed by atoms with Crippen molar-refractivity contribution in [1.82, 2.24) is 15.2 Å². The fraction of sp³-hybridized carbons (Fsp3) is 0.200. The lowest BCUT2D eigenvalue weighted by Gasteiger charge is -2.32. The number of halogens is 2. The molecule has 1 fully saturated rings. The summed E-state index contributed by atoms with van der Waals surface area (Å²) in [6.45, 7) is 6.27. The molecule has 4 aromatic rings. The molecule has 4 heterocycles. The lowest BCUT2D eigenvalue weighted by atomic mass is 10.1. The topological polar surface area (TPSA) is 104 Å². The number of aryl methyl sites for hydroxylation is 1. The average Bonchev–Trinajstić information content (AvgIpc) is 3.35. The summed E-state index contributed by atoms with van der Waals surface area (Å²) in [4.78, 5) is 47.4. The number of likely N-dealkylation sites (tertiary alicyclic amines) is 1. The summed E-state index contributed by atoms with van der Waals surface area (Å²) in [5.74, 6) is -2.52. The van der Waals surface area contributed by atoms with Crippen molar-refractivity contribution in [3.8, 4) is 11.5 Å². The highest BCUT2D eigenvalue weighted by molar-refractivity contribution is 7.21. The Morgan fingerprint density at radius 1 is 1.19 bits per heavy atom. The number of carbonyl (C=O) groups excluding carboxylic acids is 3. The molecule has 214 valence electrons. The van der Waals surface area contributed by atoms with Crippen LogP contribution in [0.15, 0.2) is 61.3 Å². The van der Waals surface area contributed by atoms with Crippen LogP contribution in [0.25, 0.3) is 10.2 Å². The summed E-state index contributed by atoms with van der Waals surface area (Å²) < 4.78 is 33.7. The number of thiophene rings is 1. The maximum atomic E-state index is 14.1. The molecule has 1 unspecified atom stereocenters. The number of urea groups is 1. The number of carbonyl (C=O) groups is 3. The Morgan fingerprint density at radius 2 is 1.98 bits per heavy atom. The van der Waals surface area contributed by atoms with Gasteiger partial charge in [0.1, 0.15) is 15.5 Å². The minimum absolute atomic E-state index is 0.179. The van der Waals surface area contributed by atoms with Crippen molar-refractivity contribution >= 4 is 56.5 Å². The third-order valence-corrected chi connectivity index (χ3v) is 8.34. The third-order valence-electron chi connectivity index (χ3n) is 7.24. The number of piperidine rings is 1. The van der Waals surface area contributed by atoms with Gasteiger partial charge in [-0.05, 0) is 67.8 Å². The number of hydrogen-bond acceptors (Lipinski definition) is 6. The Kier molecular flexibility index (Phi) is 7.07. The highest BCUT2D eigenvalue weighted by Gasteiger charge is 2.34. The van der Waals surface area contributed by atoms with Crippen molar-refractivity contribution in [1.29, 1.82) is 0 Å². The molecule has 0 radical (unpaired) electrons. The maximum Gasteiger partial charge on any atom is 0.331 e. The number of ether oxygens (including phenoxy) is 1. The predicted octanol–water partition coefficient (Wildman–Crippen LogP) is 6.27. The first-order valence-electron chi connectivity index (χ1n) is 13.2. The number of aromatic nitrogens is 1. The molecular formula is C30H25F2N5O4S. The number of anilines is 3. The van der Waals surface area contributed by atoms with Crippen LogP contribution in [-0.2, 0) is 4.79 Å². The van der Waals surface area contributed by atoms with E-state index in [4.69, 9.17) is 4.74 Å². The summed E-state index contributed by atoms with van der Waals surface area (Å²) in [5.41, 5.74) is 2.03. The summed E-state index contributed by atoms with van der Waals surface area (Å²) >= 11 is 1.17. The number of rotatable bonds is 6. The third kappa shape index (κ3) is 4.83. The van der Waals surface area contributed by atoms with Crippen molar-refractivity contribution in [3.63, 3.8) is 0 Å². The lowest BCUT2D eigenvalue weighted by molar-refractivity contribution is -0.127. The van der Waals surface area contributed by atoms with Gasteiger partial charge in [-0.25, -0.2) is 18.6 Å². The van der Waals surface area contributed by atoms with E-state index in [9.17, 15) is 23.2 Å². The molecule has 0 saturated carbocycles. The largest absolute Gasteiger partial charge is 0.451 e. The molecule has 2 N–H and O–H groups in total. The van der Waals surface area contributed by atoms with Crippen molar-refractivity contribution in [2.75, 3.05) is 23.3 Å². The number of pyridine rings is 1. The van der Waals surface area contributed by atoms with E-state index in [2.05, 4.69) is 22.2 Å². The van der Waals surface area contributed by atoms with Crippen LogP contribution in [-0.4, -0.2) is 46.9 Å². The molecule has 0 aliphatic carbocycles. The van der Waals surface area contributed by atoms with Crippen LogP contribution in [0, 0.1) is 18.6 Å². The van der Waals surface area contributed by atoms with E-state index >= 15 is 0 Å². The molecule has 6 rings (SSSR count). The Hall–Kier alpha value is -4.84. The molecule has 42 heavy (non-hydrogen) atoms. The van der Waals surface area contributed by atoms with Crippen LogP contribution in [0.4, 0.5) is 30.6 Å². The minimum atomic E-state index is -0.831. The van der Waals surface area contributed by atoms with Gasteiger partial charge in [0.25, 0.3) is 5.91 Å². The van der Waals surface area contributed by atoms with Gasteiger partial charge in [-0.1, -0.05) is 12.6 Å². The van der Waals surface area contributed by atoms with E-state index in [0.29, 0.717) is 50.8 Å². The zero-order chi connectivity index (χ0) is 29.5. The summed E-state index contributed by atoms with van der Waals surface area (Å²) in [6.07, 6.45) is 4.30. The smallest absolute Gasteiger partial charge is 0.331 e. The van der Waals surface area contributed by atoms with Gasteiger partial charge in [-0.2, -0.15) is 0 Å². The van der Waals surface area contributed by atoms with E-state index in [1.165, 1.54) is 34.4 Å². The second-order valence-corrected chi connectivity index (χ2v) is 11.0. The Morgan fingerprint density at radius 3 is 2.71 bits per heavy atom. The van der Waals surface area contributed by atoms with Gasteiger partial charge < -0.3 is 20.3 Å². The normalized spacial score (nSPS) is 16.3. The number of hydrogen-bond donors (Lipinski definition) is 2. The van der Waals surface area contributed by atoms with Crippen LogP contribution in [0.2, 0.25) is 0 Å². The summed E-state index contributed by atoms with van der Waals surface area (Å²) in [6, 6.07) is 9.15. The highest BCUT2D eigenvalue weighted by Crippen LogP contribution is 2.46. The molecule has 0 bridgehead atoms. The monoisotopic (exact) mass is 589 g/mol. The van der Waals surface area contributed by atoms with E-state index in [0.717, 1.165) is 25.0 Å². The van der Waals surface area contributed by atoms with Gasteiger partial charge in [0.2, 0.25) is 5.91 Å². The molecule has 1 atom stereocenters. The maximum absolute atomic E-state index is 14.1. The van der Waals surface area contributed by atoms with Crippen molar-refractivity contribution in [3.05, 3.63) is 83.4 Å².